The van der Waals surface area contributed by atoms with E-state index in [1.54, 1.807) is 0 Å². The van der Waals surface area contributed by atoms with Crippen LogP contribution in [0, 0.1) is 6.92 Å². The normalized spacial score (nSPS) is 11.1. The van der Waals surface area contributed by atoms with Gasteiger partial charge in [0.15, 0.2) is 0 Å². The van der Waals surface area contributed by atoms with Crippen molar-refractivity contribution in [1.82, 2.24) is 14.3 Å². The van der Waals surface area contributed by atoms with Crippen molar-refractivity contribution in [2.45, 2.75) is 13.5 Å². The third kappa shape index (κ3) is 2.67. The van der Waals surface area contributed by atoms with Crippen LogP contribution in [0.1, 0.15) is 11.3 Å². The lowest BCUT2D eigenvalue weighted by Crippen LogP contribution is -2.01. The molecular formula is C20H19N3O. The zero-order valence-electron chi connectivity index (χ0n) is 13.8. The standard InChI is InChI=1S/C20H19N3O/c1-15-12-20(22(2)21-15)23-11-10-17-8-9-18(13-19(17)23)24-14-16-6-4-3-5-7-16/h3-13H,14H2,1-2H3. The molecule has 4 rings (SSSR count). The second-order valence-corrected chi connectivity index (χ2v) is 5.95. The topological polar surface area (TPSA) is 32.0 Å². The molecule has 0 spiro atoms. The van der Waals surface area contributed by atoms with Gasteiger partial charge < -0.3 is 9.30 Å². The fraction of sp³-hybridized carbons (Fsp3) is 0.150. The predicted molar refractivity (Wildman–Crippen MR) is 95.6 cm³/mol. The molecule has 4 aromatic rings. The number of hydrogen-bond acceptors (Lipinski definition) is 2. The van der Waals surface area contributed by atoms with E-state index in [2.05, 4.69) is 52.3 Å². The van der Waals surface area contributed by atoms with Gasteiger partial charge in [-0.05, 0) is 30.7 Å². The number of benzene rings is 2. The lowest BCUT2D eigenvalue weighted by atomic mass is 10.2. The van der Waals surface area contributed by atoms with Crippen LogP contribution in [0.3, 0.4) is 0 Å². The number of rotatable bonds is 4. The molecule has 0 fully saturated rings. The first-order valence-corrected chi connectivity index (χ1v) is 7.99. The summed E-state index contributed by atoms with van der Waals surface area (Å²) in [5.41, 5.74) is 3.28. The first-order chi connectivity index (χ1) is 11.7. The SMILES string of the molecule is Cc1cc(-n2ccc3ccc(OCc4ccccc4)cc32)n(C)n1. The monoisotopic (exact) mass is 317 g/mol. The average Bonchev–Trinajstić information content (AvgIpc) is 3.16. The van der Waals surface area contributed by atoms with Gasteiger partial charge >= 0.3 is 0 Å². The maximum absolute atomic E-state index is 5.96. The Kier molecular flexibility index (Phi) is 3.58. The molecule has 0 saturated heterocycles. The Labute approximate surface area is 140 Å². The van der Waals surface area contributed by atoms with Gasteiger partial charge in [-0.1, -0.05) is 30.3 Å². The van der Waals surface area contributed by atoms with Crippen LogP contribution in [0.4, 0.5) is 0 Å². The lowest BCUT2D eigenvalue weighted by Gasteiger charge is -2.09. The number of hydrogen-bond donors (Lipinski definition) is 0. The molecule has 2 heterocycles. The summed E-state index contributed by atoms with van der Waals surface area (Å²) in [4.78, 5) is 0. The van der Waals surface area contributed by atoms with Crippen LogP contribution in [0.15, 0.2) is 66.9 Å². The summed E-state index contributed by atoms with van der Waals surface area (Å²) in [6.45, 7) is 2.57. The van der Waals surface area contributed by atoms with E-state index >= 15 is 0 Å². The smallest absolute Gasteiger partial charge is 0.135 e. The second-order valence-electron chi connectivity index (χ2n) is 5.95. The summed E-state index contributed by atoms with van der Waals surface area (Å²) in [5.74, 6) is 1.91. The second kappa shape index (κ2) is 5.89. The van der Waals surface area contributed by atoms with E-state index < -0.39 is 0 Å². The van der Waals surface area contributed by atoms with E-state index in [9.17, 15) is 0 Å². The molecule has 0 aliphatic rings. The molecule has 0 bridgehead atoms. The Morgan fingerprint density at radius 2 is 1.83 bits per heavy atom. The summed E-state index contributed by atoms with van der Waals surface area (Å²) < 4.78 is 10.00. The molecular weight excluding hydrogens is 298 g/mol. The maximum atomic E-state index is 5.96. The maximum Gasteiger partial charge on any atom is 0.135 e. The number of nitrogens with zero attached hydrogens (tertiary/aromatic N) is 3. The quantitative estimate of drug-likeness (QED) is 0.563. The van der Waals surface area contributed by atoms with Gasteiger partial charge in [-0.2, -0.15) is 5.10 Å². The van der Waals surface area contributed by atoms with Gasteiger partial charge in [-0.25, -0.2) is 0 Å². The highest BCUT2D eigenvalue weighted by molar-refractivity contribution is 5.83. The van der Waals surface area contributed by atoms with Crippen molar-refractivity contribution < 1.29 is 4.74 Å². The third-order valence-electron chi connectivity index (χ3n) is 4.14. The summed E-state index contributed by atoms with van der Waals surface area (Å²) >= 11 is 0. The number of fused-ring (bicyclic) bond motifs is 1. The van der Waals surface area contributed by atoms with E-state index in [1.807, 2.05) is 42.9 Å². The predicted octanol–water partition coefficient (Wildman–Crippen LogP) is 4.25. The van der Waals surface area contributed by atoms with Crippen LogP contribution in [-0.4, -0.2) is 14.3 Å². The molecule has 4 nitrogen and oxygen atoms in total. The van der Waals surface area contributed by atoms with Gasteiger partial charge in [0.1, 0.15) is 18.2 Å². The first kappa shape index (κ1) is 14.6. The van der Waals surface area contributed by atoms with Gasteiger partial charge in [0.2, 0.25) is 0 Å². The van der Waals surface area contributed by atoms with Gasteiger partial charge in [0.25, 0.3) is 0 Å². The molecule has 0 unspecified atom stereocenters. The minimum atomic E-state index is 0.567. The molecule has 120 valence electrons. The fourth-order valence-electron chi connectivity index (χ4n) is 2.96. The molecule has 4 heteroatoms. The minimum absolute atomic E-state index is 0.567. The Morgan fingerprint density at radius 1 is 1.00 bits per heavy atom. The molecule has 0 saturated carbocycles. The van der Waals surface area contributed by atoms with Crippen molar-refractivity contribution in [2.24, 2.45) is 7.05 Å². The number of ether oxygens (including phenoxy) is 1. The molecule has 2 aromatic heterocycles. The summed E-state index contributed by atoms with van der Waals surface area (Å²) in [6.07, 6.45) is 2.07. The van der Waals surface area contributed by atoms with Crippen LogP contribution in [0.2, 0.25) is 0 Å². The summed E-state index contributed by atoms with van der Waals surface area (Å²) in [5, 5.41) is 5.62. The van der Waals surface area contributed by atoms with Crippen LogP contribution in [0.5, 0.6) is 5.75 Å². The van der Waals surface area contributed by atoms with Crippen molar-refractivity contribution in [3.63, 3.8) is 0 Å². The third-order valence-corrected chi connectivity index (χ3v) is 4.14. The van der Waals surface area contributed by atoms with Crippen molar-refractivity contribution in [1.29, 1.82) is 0 Å². The van der Waals surface area contributed by atoms with E-state index in [0.29, 0.717) is 6.61 Å². The van der Waals surface area contributed by atoms with Crippen molar-refractivity contribution in [3.05, 3.63) is 78.1 Å². The number of aryl methyl sites for hydroxylation is 2. The van der Waals surface area contributed by atoms with E-state index in [0.717, 1.165) is 28.3 Å². The largest absolute Gasteiger partial charge is 0.489 e. The highest BCUT2D eigenvalue weighted by Gasteiger charge is 2.09. The highest BCUT2D eigenvalue weighted by atomic mass is 16.5. The van der Waals surface area contributed by atoms with Crippen molar-refractivity contribution in [3.8, 4) is 11.6 Å². The van der Waals surface area contributed by atoms with Crippen LogP contribution in [0.25, 0.3) is 16.7 Å². The van der Waals surface area contributed by atoms with Gasteiger partial charge in [0.05, 0.1) is 11.2 Å². The highest BCUT2D eigenvalue weighted by Crippen LogP contribution is 2.25. The molecule has 0 radical (unpaired) electrons. The molecule has 0 amide bonds. The van der Waals surface area contributed by atoms with E-state index in [-0.39, 0.29) is 0 Å². The zero-order chi connectivity index (χ0) is 16.5. The van der Waals surface area contributed by atoms with Gasteiger partial charge in [-0.15, -0.1) is 0 Å². The molecule has 0 atom stereocenters. The van der Waals surface area contributed by atoms with Crippen molar-refractivity contribution in [2.75, 3.05) is 0 Å². The van der Waals surface area contributed by atoms with Crippen LogP contribution >= 0.6 is 0 Å². The Morgan fingerprint density at radius 3 is 2.58 bits per heavy atom. The van der Waals surface area contributed by atoms with E-state index in [4.69, 9.17) is 4.74 Å². The average molecular weight is 317 g/mol. The van der Waals surface area contributed by atoms with Crippen LogP contribution in [-0.2, 0) is 13.7 Å². The van der Waals surface area contributed by atoms with Crippen molar-refractivity contribution >= 4 is 10.9 Å². The fourth-order valence-corrected chi connectivity index (χ4v) is 2.96. The Hall–Kier alpha value is -3.01. The van der Waals surface area contributed by atoms with Gasteiger partial charge in [-0.3, -0.25) is 4.68 Å². The molecule has 2 aromatic carbocycles. The van der Waals surface area contributed by atoms with E-state index in [1.165, 1.54) is 5.39 Å². The number of aromatic nitrogens is 3. The summed E-state index contributed by atoms with van der Waals surface area (Å²) in [6, 6.07) is 20.6. The summed E-state index contributed by atoms with van der Waals surface area (Å²) in [7, 11) is 1.96. The molecule has 0 aliphatic heterocycles. The Bertz CT molecular complexity index is 983. The zero-order valence-corrected chi connectivity index (χ0v) is 13.8. The molecule has 24 heavy (non-hydrogen) atoms. The molecule has 0 aliphatic carbocycles. The Balaban J connectivity index is 1.67. The van der Waals surface area contributed by atoms with Crippen LogP contribution < -0.4 is 4.74 Å². The minimum Gasteiger partial charge on any atom is -0.489 e. The van der Waals surface area contributed by atoms with Gasteiger partial charge in [0, 0.05) is 30.8 Å². The molecule has 0 N–H and O–H groups in total. The first-order valence-electron chi connectivity index (χ1n) is 7.99. The lowest BCUT2D eigenvalue weighted by molar-refractivity contribution is 0.306.